The number of benzene rings is 1. The number of phenolic OH excluding ortho intramolecular Hbond substituents is 1. The first-order valence-corrected chi connectivity index (χ1v) is 7.74. The van der Waals surface area contributed by atoms with Gasteiger partial charge in [-0.1, -0.05) is 22.9 Å². The summed E-state index contributed by atoms with van der Waals surface area (Å²) in [5.41, 5.74) is 2.18. The topological polar surface area (TPSA) is 41.5 Å². The summed E-state index contributed by atoms with van der Waals surface area (Å²) in [6.45, 7) is 4.26. The number of phenols is 1. The van der Waals surface area contributed by atoms with Crippen molar-refractivity contribution in [2.45, 2.75) is 32.6 Å². The second-order valence-corrected chi connectivity index (χ2v) is 5.94. The molecule has 4 heteroatoms. The van der Waals surface area contributed by atoms with Crippen molar-refractivity contribution in [2.24, 2.45) is 5.92 Å². The average Bonchev–Trinajstić information content (AvgIpc) is 2.45. The molecule has 1 heterocycles. The van der Waals surface area contributed by atoms with Crippen LogP contribution in [0.1, 0.15) is 30.9 Å². The van der Waals surface area contributed by atoms with Gasteiger partial charge >= 0.3 is 0 Å². The Labute approximate surface area is 123 Å². The zero-order valence-corrected chi connectivity index (χ0v) is 13.2. The zero-order chi connectivity index (χ0) is 13.8. The SMILES string of the molecule is CCc1cc(OC)c(O)c(CC2CCCNC2)c1Br. The van der Waals surface area contributed by atoms with E-state index in [1.54, 1.807) is 7.11 Å². The van der Waals surface area contributed by atoms with E-state index in [9.17, 15) is 5.11 Å². The third-order valence-corrected chi connectivity index (χ3v) is 4.85. The summed E-state index contributed by atoms with van der Waals surface area (Å²) in [5, 5.41) is 13.8. The summed E-state index contributed by atoms with van der Waals surface area (Å²) in [4.78, 5) is 0. The molecule has 1 aliphatic rings. The van der Waals surface area contributed by atoms with Gasteiger partial charge < -0.3 is 15.2 Å². The molecular weight excluding hydrogens is 306 g/mol. The molecular formula is C15H22BrNO2. The van der Waals surface area contributed by atoms with Crippen molar-refractivity contribution >= 4 is 15.9 Å². The molecule has 1 unspecified atom stereocenters. The Morgan fingerprint density at radius 3 is 2.89 bits per heavy atom. The van der Waals surface area contributed by atoms with Crippen LogP contribution in [-0.2, 0) is 12.8 Å². The van der Waals surface area contributed by atoms with Gasteiger partial charge in [0.15, 0.2) is 11.5 Å². The highest BCUT2D eigenvalue weighted by Crippen LogP contribution is 2.40. The molecule has 1 atom stereocenters. The van der Waals surface area contributed by atoms with Crippen LogP contribution in [0.4, 0.5) is 0 Å². The number of ether oxygens (including phenoxy) is 1. The molecule has 2 N–H and O–H groups in total. The summed E-state index contributed by atoms with van der Waals surface area (Å²) >= 11 is 3.65. The number of hydrogen-bond acceptors (Lipinski definition) is 3. The molecule has 0 aromatic heterocycles. The Bertz CT molecular complexity index is 414. The molecule has 1 fully saturated rings. The normalized spacial score (nSPS) is 19.4. The van der Waals surface area contributed by atoms with Crippen LogP contribution >= 0.6 is 15.9 Å². The maximum absolute atomic E-state index is 10.3. The van der Waals surface area contributed by atoms with Crippen molar-refractivity contribution in [2.75, 3.05) is 20.2 Å². The fraction of sp³-hybridized carbons (Fsp3) is 0.600. The Kier molecular flexibility index (Phi) is 5.11. The van der Waals surface area contributed by atoms with Gasteiger partial charge in [0.1, 0.15) is 0 Å². The number of piperidine rings is 1. The minimum absolute atomic E-state index is 0.289. The number of halogens is 1. The van der Waals surface area contributed by atoms with E-state index in [1.807, 2.05) is 6.07 Å². The second kappa shape index (κ2) is 6.62. The number of hydrogen-bond donors (Lipinski definition) is 2. The van der Waals surface area contributed by atoms with E-state index in [4.69, 9.17) is 4.74 Å². The largest absolute Gasteiger partial charge is 0.504 e. The summed E-state index contributed by atoms with van der Waals surface area (Å²) in [5.74, 6) is 1.46. The van der Waals surface area contributed by atoms with Crippen molar-refractivity contribution in [3.8, 4) is 11.5 Å². The average molecular weight is 328 g/mol. The van der Waals surface area contributed by atoms with Crippen LogP contribution < -0.4 is 10.1 Å². The molecule has 1 aromatic rings. The van der Waals surface area contributed by atoms with Crippen LogP contribution in [0.2, 0.25) is 0 Å². The minimum atomic E-state index is 0.289. The predicted octanol–water partition coefficient (Wildman–Crippen LogP) is 3.27. The summed E-state index contributed by atoms with van der Waals surface area (Å²) in [6, 6.07) is 1.92. The Balaban J connectivity index is 2.31. The van der Waals surface area contributed by atoms with Crippen molar-refractivity contribution < 1.29 is 9.84 Å². The molecule has 106 valence electrons. The van der Waals surface area contributed by atoms with E-state index in [2.05, 4.69) is 28.2 Å². The molecule has 0 radical (unpaired) electrons. The first-order valence-electron chi connectivity index (χ1n) is 6.95. The lowest BCUT2D eigenvalue weighted by Gasteiger charge is -2.24. The maximum atomic E-state index is 10.3. The van der Waals surface area contributed by atoms with Crippen LogP contribution in [0.15, 0.2) is 10.5 Å². The molecule has 1 saturated heterocycles. The van der Waals surface area contributed by atoms with Crippen molar-refractivity contribution in [1.82, 2.24) is 5.32 Å². The Morgan fingerprint density at radius 2 is 2.32 bits per heavy atom. The number of nitrogens with one attached hydrogen (secondary N) is 1. The van der Waals surface area contributed by atoms with Gasteiger partial charge in [0.2, 0.25) is 0 Å². The highest BCUT2D eigenvalue weighted by Gasteiger charge is 2.21. The van der Waals surface area contributed by atoms with Gasteiger partial charge in [0, 0.05) is 10.0 Å². The van der Waals surface area contributed by atoms with E-state index in [1.165, 1.54) is 18.4 Å². The van der Waals surface area contributed by atoms with Gasteiger partial charge in [-0.05, 0) is 56.3 Å². The highest BCUT2D eigenvalue weighted by molar-refractivity contribution is 9.10. The predicted molar refractivity (Wildman–Crippen MR) is 81.0 cm³/mol. The quantitative estimate of drug-likeness (QED) is 0.891. The molecule has 19 heavy (non-hydrogen) atoms. The zero-order valence-electron chi connectivity index (χ0n) is 11.6. The third kappa shape index (κ3) is 3.23. The summed E-state index contributed by atoms with van der Waals surface area (Å²) < 4.78 is 6.33. The van der Waals surface area contributed by atoms with Crippen molar-refractivity contribution in [1.29, 1.82) is 0 Å². The van der Waals surface area contributed by atoms with E-state index < -0.39 is 0 Å². The second-order valence-electron chi connectivity index (χ2n) is 5.15. The standard InChI is InChI=1S/C15H22BrNO2/c1-3-11-8-13(19-2)15(18)12(14(11)16)7-10-5-4-6-17-9-10/h8,10,17-18H,3-7,9H2,1-2H3. The van der Waals surface area contributed by atoms with Crippen molar-refractivity contribution in [3.63, 3.8) is 0 Å². The third-order valence-electron chi connectivity index (χ3n) is 3.86. The van der Waals surface area contributed by atoms with Gasteiger partial charge in [0.25, 0.3) is 0 Å². The molecule has 0 bridgehead atoms. The highest BCUT2D eigenvalue weighted by atomic mass is 79.9. The van der Waals surface area contributed by atoms with Gasteiger partial charge in [-0.3, -0.25) is 0 Å². The molecule has 3 nitrogen and oxygen atoms in total. The molecule has 0 spiro atoms. The molecule has 0 aliphatic carbocycles. The lowest BCUT2D eigenvalue weighted by atomic mass is 9.91. The molecule has 1 aliphatic heterocycles. The molecule has 0 amide bonds. The van der Waals surface area contributed by atoms with E-state index in [0.29, 0.717) is 11.7 Å². The minimum Gasteiger partial charge on any atom is -0.504 e. The monoisotopic (exact) mass is 327 g/mol. The van der Waals surface area contributed by atoms with Gasteiger partial charge in [-0.15, -0.1) is 0 Å². The molecule has 2 rings (SSSR count). The first-order chi connectivity index (χ1) is 9.17. The summed E-state index contributed by atoms with van der Waals surface area (Å²) in [7, 11) is 1.61. The number of aryl methyl sites for hydroxylation is 1. The Morgan fingerprint density at radius 1 is 1.53 bits per heavy atom. The van der Waals surface area contributed by atoms with E-state index in [-0.39, 0.29) is 5.75 Å². The fourth-order valence-electron chi connectivity index (χ4n) is 2.72. The number of methoxy groups -OCH3 is 1. The van der Waals surface area contributed by atoms with Gasteiger partial charge in [0.05, 0.1) is 7.11 Å². The van der Waals surface area contributed by atoms with Gasteiger partial charge in [-0.2, -0.15) is 0 Å². The smallest absolute Gasteiger partial charge is 0.162 e. The van der Waals surface area contributed by atoms with E-state index >= 15 is 0 Å². The van der Waals surface area contributed by atoms with Crippen LogP contribution in [0.5, 0.6) is 11.5 Å². The lowest BCUT2D eigenvalue weighted by Crippen LogP contribution is -2.31. The van der Waals surface area contributed by atoms with Crippen molar-refractivity contribution in [3.05, 3.63) is 21.7 Å². The molecule has 1 aromatic carbocycles. The maximum Gasteiger partial charge on any atom is 0.162 e. The summed E-state index contributed by atoms with van der Waals surface area (Å²) in [6.07, 6.45) is 4.25. The van der Waals surface area contributed by atoms with Crippen LogP contribution in [0.3, 0.4) is 0 Å². The van der Waals surface area contributed by atoms with Crippen LogP contribution in [0.25, 0.3) is 0 Å². The van der Waals surface area contributed by atoms with Gasteiger partial charge in [-0.25, -0.2) is 0 Å². The number of rotatable bonds is 4. The van der Waals surface area contributed by atoms with Crippen LogP contribution in [-0.4, -0.2) is 25.3 Å². The number of aromatic hydroxyl groups is 1. The molecule has 0 saturated carbocycles. The Hall–Kier alpha value is -0.740. The lowest BCUT2D eigenvalue weighted by molar-refractivity contribution is 0.353. The fourth-order valence-corrected chi connectivity index (χ4v) is 3.47. The van der Waals surface area contributed by atoms with Crippen LogP contribution in [0, 0.1) is 5.92 Å². The first kappa shape index (κ1) is 14.7. The van der Waals surface area contributed by atoms with E-state index in [0.717, 1.165) is 36.0 Å².